The first-order chi connectivity index (χ1) is 3.56. The summed E-state index contributed by atoms with van der Waals surface area (Å²) in [7, 11) is 0. The monoisotopic (exact) mass is 266 g/mol. The van der Waals surface area contributed by atoms with Gasteiger partial charge in [-0.2, -0.15) is 0 Å². The van der Waals surface area contributed by atoms with Crippen LogP contribution in [0.5, 0.6) is 0 Å². The molecule has 0 rings (SSSR count). The fraction of sp³-hybridized carbons (Fsp3) is 1.00. The topological polar surface area (TPSA) is 0 Å². The van der Waals surface area contributed by atoms with Gasteiger partial charge in [0, 0.05) is 0 Å². The molecule has 0 spiro atoms. The van der Waals surface area contributed by atoms with Crippen LogP contribution in [0.2, 0.25) is 0 Å². The highest BCUT2D eigenvalue weighted by atomic mass is 127. The Balaban J connectivity index is 3.11. The molecule has 0 aromatic rings. The molecule has 0 aromatic heterocycles. The first-order valence-corrected chi connectivity index (χ1v) is 4.46. The molecule has 0 bridgehead atoms. The molecule has 50 valence electrons. The Hall–Kier alpha value is 1.31. The Kier molecular flexibility index (Phi) is 4.86. The summed E-state index contributed by atoms with van der Waals surface area (Å²) in [5.74, 6) is 0. The highest BCUT2D eigenvalue weighted by molar-refractivity contribution is 14.1. The predicted octanol–water partition coefficient (Wildman–Crippen LogP) is 3.74. The number of alkyl halides is 3. The average molecular weight is 267 g/mol. The molecule has 0 aliphatic carbocycles. The highest BCUT2D eigenvalue weighted by Crippen LogP contribution is 2.34. The molecular formula is C5H9Cl2I. The molecule has 0 aliphatic heterocycles. The van der Waals surface area contributed by atoms with Crippen LogP contribution in [0.4, 0.5) is 0 Å². The van der Waals surface area contributed by atoms with E-state index in [9.17, 15) is 0 Å². The third kappa shape index (κ3) is 7.31. The van der Waals surface area contributed by atoms with Crippen molar-refractivity contribution < 1.29 is 0 Å². The second kappa shape index (κ2) is 4.18. The maximum absolute atomic E-state index is 5.66. The summed E-state index contributed by atoms with van der Waals surface area (Å²) in [6, 6.07) is 0. The van der Waals surface area contributed by atoms with Crippen LogP contribution in [-0.2, 0) is 0 Å². The molecule has 0 saturated carbocycles. The zero-order valence-electron chi connectivity index (χ0n) is 4.76. The summed E-state index contributed by atoms with van der Waals surface area (Å²) >= 11 is 13.4. The fourth-order valence-corrected chi connectivity index (χ4v) is 1.03. The van der Waals surface area contributed by atoms with Crippen molar-refractivity contribution in [3.8, 4) is 0 Å². The Bertz CT molecular complexity index is 57.9. The van der Waals surface area contributed by atoms with Crippen molar-refractivity contribution in [1.82, 2.24) is 0 Å². The van der Waals surface area contributed by atoms with Crippen molar-refractivity contribution in [2.45, 2.75) is 28.5 Å². The Morgan fingerprint density at radius 3 is 2.12 bits per heavy atom. The van der Waals surface area contributed by atoms with Crippen molar-refractivity contribution in [2.24, 2.45) is 0 Å². The average Bonchev–Trinajstić information content (AvgIpc) is 1.59. The van der Waals surface area contributed by atoms with E-state index in [-0.39, 0.29) is 0 Å². The molecule has 0 heterocycles. The highest BCUT2D eigenvalue weighted by Gasteiger charge is 2.16. The Morgan fingerprint density at radius 1 is 1.50 bits per heavy atom. The van der Waals surface area contributed by atoms with Gasteiger partial charge >= 0.3 is 0 Å². The zero-order chi connectivity index (χ0) is 6.62. The van der Waals surface area contributed by atoms with Crippen molar-refractivity contribution in [2.75, 3.05) is 0 Å². The van der Waals surface area contributed by atoms with E-state index in [1.165, 1.54) is 0 Å². The minimum Gasteiger partial charge on any atom is -0.0899 e. The van der Waals surface area contributed by atoms with E-state index in [2.05, 4.69) is 6.92 Å². The molecule has 0 radical (unpaired) electrons. The molecular weight excluding hydrogens is 258 g/mol. The van der Waals surface area contributed by atoms with Gasteiger partial charge in [0.2, 0.25) is 0 Å². The lowest BCUT2D eigenvalue weighted by Crippen LogP contribution is -1.98. The van der Waals surface area contributed by atoms with Crippen LogP contribution in [0, 0.1) is 0 Å². The minimum absolute atomic E-state index is 0.534. The predicted molar refractivity (Wildman–Crippen MR) is 48.0 cm³/mol. The molecule has 3 heteroatoms. The van der Waals surface area contributed by atoms with E-state index in [4.69, 9.17) is 23.2 Å². The summed E-state index contributed by atoms with van der Waals surface area (Å²) < 4.78 is -0.534. The SMILES string of the molecule is CCCCC(Cl)(Cl)I. The molecule has 0 saturated heterocycles. The molecule has 0 fully saturated rings. The number of unbranched alkanes of at least 4 members (excludes halogenated alkanes) is 1. The molecule has 0 amide bonds. The van der Waals surface area contributed by atoms with Gasteiger partial charge in [0.05, 0.1) is 0 Å². The minimum atomic E-state index is -0.534. The van der Waals surface area contributed by atoms with E-state index in [1.807, 2.05) is 22.6 Å². The smallest absolute Gasteiger partial charge is 0.0899 e. The summed E-state index contributed by atoms with van der Waals surface area (Å²) in [5.41, 5.74) is 0. The maximum Gasteiger partial charge on any atom is 0.168 e. The van der Waals surface area contributed by atoms with Gasteiger partial charge in [0.15, 0.2) is 2.34 Å². The van der Waals surface area contributed by atoms with Crippen LogP contribution in [0.25, 0.3) is 0 Å². The lowest BCUT2D eigenvalue weighted by atomic mass is 10.3. The summed E-state index contributed by atoms with van der Waals surface area (Å²) in [4.78, 5) is 0. The summed E-state index contributed by atoms with van der Waals surface area (Å²) in [6.07, 6.45) is 3.15. The summed E-state index contributed by atoms with van der Waals surface area (Å²) in [6.45, 7) is 2.12. The number of halogens is 3. The van der Waals surface area contributed by atoms with Crippen LogP contribution >= 0.6 is 45.8 Å². The van der Waals surface area contributed by atoms with Gasteiger partial charge in [0.1, 0.15) is 0 Å². The number of rotatable bonds is 3. The van der Waals surface area contributed by atoms with Crippen molar-refractivity contribution in [1.29, 1.82) is 0 Å². The first kappa shape index (κ1) is 9.31. The summed E-state index contributed by atoms with van der Waals surface area (Å²) in [5, 5.41) is 0. The van der Waals surface area contributed by atoms with E-state index >= 15 is 0 Å². The van der Waals surface area contributed by atoms with E-state index < -0.39 is 2.34 Å². The van der Waals surface area contributed by atoms with Crippen LogP contribution in [-0.4, -0.2) is 2.34 Å². The maximum atomic E-state index is 5.66. The second-order valence-electron chi connectivity index (χ2n) is 1.72. The van der Waals surface area contributed by atoms with Gasteiger partial charge in [-0.1, -0.05) is 36.5 Å². The molecule has 0 nitrogen and oxygen atoms in total. The van der Waals surface area contributed by atoms with Gasteiger partial charge < -0.3 is 0 Å². The zero-order valence-corrected chi connectivity index (χ0v) is 8.42. The Morgan fingerprint density at radius 2 is 2.00 bits per heavy atom. The van der Waals surface area contributed by atoms with Gasteiger partial charge in [-0.25, -0.2) is 0 Å². The molecule has 0 N–H and O–H groups in total. The third-order valence-corrected chi connectivity index (χ3v) is 1.73. The van der Waals surface area contributed by atoms with Crippen LogP contribution < -0.4 is 0 Å². The first-order valence-electron chi connectivity index (χ1n) is 2.63. The molecule has 0 aliphatic rings. The van der Waals surface area contributed by atoms with E-state index in [0.29, 0.717) is 0 Å². The number of hydrogen-bond donors (Lipinski definition) is 0. The molecule has 8 heavy (non-hydrogen) atoms. The van der Waals surface area contributed by atoms with E-state index in [1.54, 1.807) is 0 Å². The lowest BCUT2D eigenvalue weighted by molar-refractivity contribution is 0.748. The van der Waals surface area contributed by atoms with Gasteiger partial charge in [0.25, 0.3) is 0 Å². The number of hydrogen-bond acceptors (Lipinski definition) is 0. The Labute approximate surface area is 74.1 Å². The van der Waals surface area contributed by atoms with Crippen LogP contribution in [0.1, 0.15) is 26.2 Å². The van der Waals surface area contributed by atoms with Crippen LogP contribution in [0.3, 0.4) is 0 Å². The molecule has 0 aromatic carbocycles. The van der Waals surface area contributed by atoms with Crippen molar-refractivity contribution in [3.05, 3.63) is 0 Å². The van der Waals surface area contributed by atoms with E-state index in [0.717, 1.165) is 19.3 Å². The third-order valence-electron chi connectivity index (χ3n) is 0.814. The molecule has 0 unspecified atom stereocenters. The molecule has 0 atom stereocenters. The standard InChI is InChI=1S/C5H9Cl2I/c1-2-3-4-5(6,7)8/h2-4H2,1H3. The fourth-order valence-electron chi connectivity index (χ4n) is 0.377. The van der Waals surface area contributed by atoms with Crippen LogP contribution in [0.15, 0.2) is 0 Å². The van der Waals surface area contributed by atoms with Gasteiger partial charge in [-0.15, -0.1) is 0 Å². The second-order valence-corrected chi connectivity index (χ2v) is 6.32. The normalized spacial score (nSPS) is 12.0. The lowest BCUT2D eigenvalue weighted by Gasteiger charge is -2.08. The quantitative estimate of drug-likeness (QED) is 0.539. The largest absolute Gasteiger partial charge is 0.168 e. The van der Waals surface area contributed by atoms with Crippen molar-refractivity contribution >= 4 is 45.8 Å². The van der Waals surface area contributed by atoms with Crippen molar-refractivity contribution in [3.63, 3.8) is 0 Å². The van der Waals surface area contributed by atoms with Gasteiger partial charge in [-0.3, -0.25) is 0 Å². The van der Waals surface area contributed by atoms with Gasteiger partial charge in [-0.05, 0) is 35.4 Å².